The molecule has 0 spiro atoms. The molecule has 0 saturated heterocycles. The number of carbonyl (C=O) groups is 2. The predicted molar refractivity (Wildman–Crippen MR) is 139 cm³/mol. The van der Waals surface area contributed by atoms with Crippen molar-refractivity contribution in [1.82, 2.24) is 19.7 Å². The first-order chi connectivity index (χ1) is 16.6. The first kappa shape index (κ1) is 25.6. The molecule has 2 aliphatic carbocycles. The number of rotatable bonds is 11. The first-order valence-electron chi connectivity index (χ1n) is 13.3. The Morgan fingerprint density at radius 2 is 1.80 bits per heavy atom. The summed E-state index contributed by atoms with van der Waals surface area (Å²) in [4.78, 5) is 27.6. The maximum absolute atomic E-state index is 13.3. The zero-order valence-electron chi connectivity index (χ0n) is 22.4. The monoisotopic (exact) mass is 478 g/mol. The Kier molecular flexibility index (Phi) is 7.77. The second-order valence-corrected chi connectivity index (χ2v) is 11.7. The van der Waals surface area contributed by atoms with E-state index >= 15 is 0 Å². The average Bonchev–Trinajstić information content (AvgIpc) is 3.50. The minimum atomic E-state index is -0.239. The van der Waals surface area contributed by atoms with Crippen LogP contribution in [-0.2, 0) is 16.0 Å². The van der Waals surface area contributed by atoms with Crippen molar-refractivity contribution in [2.75, 3.05) is 14.1 Å². The molecule has 6 heteroatoms. The quantitative estimate of drug-likeness (QED) is 0.426. The van der Waals surface area contributed by atoms with E-state index < -0.39 is 0 Å². The molecule has 1 aromatic carbocycles. The van der Waals surface area contributed by atoms with Crippen molar-refractivity contribution in [2.45, 2.75) is 96.9 Å². The molecule has 1 heterocycles. The van der Waals surface area contributed by atoms with Crippen LogP contribution in [0.4, 0.5) is 0 Å². The summed E-state index contributed by atoms with van der Waals surface area (Å²) in [7, 11) is 3.55. The lowest BCUT2D eigenvalue weighted by Crippen LogP contribution is -2.28. The minimum Gasteiger partial charge on any atom is -0.349 e. The van der Waals surface area contributed by atoms with Crippen molar-refractivity contribution >= 4 is 11.7 Å². The first-order valence-corrected chi connectivity index (χ1v) is 13.3. The molecule has 1 aromatic heterocycles. The second-order valence-electron chi connectivity index (χ2n) is 11.7. The molecule has 190 valence electrons. The number of ketones is 1. The summed E-state index contributed by atoms with van der Waals surface area (Å²) in [6.45, 7) is 8.71. The van der Waals surface area contributed by atoms with Gasteiger partial charge in [-0.1, -0.05) is 37.6 Å². The third-order valence-electron chi connectivity index (χ3n) is 7.71. The largest absolute Gasteiger partial charge is 0.349 e. The fourth-order valence-corrected chi connectivity index (χ4v) is 5.64. The minimum absolute atomic E-state index is 0.0295. The Labute approximate surface area is 210 Å². The topological polar surface area (TPSA) is 68.1 Å². The smallest absolute Gasteiger partial charge is 0.222 e. The molecule has 35 heavy (non-hydrogen) atoms. The maximum Gasteiger partial charge on any atom is 0.222 e. The number of aromatic nitrogens is 3. The van der Waals surface area contributed by atoms with Crippen LogP contribution in [0, 0.1) is 25.7 Å². The van der Waals surface area contributed by atoms with Crippen LogP contribution in [0.3, 0.4) is 0 Å². The van der Waals surface area contributed by atoms with Crippen LogP contribution >= 0.6 is 0 Å². The van der Waals surface area contributed by atoms with Crippen molar-refractivity contribution < 1.29 is 9.59 Å². The van der Waals surface area contributed by atoms with Gasteiger partial charge in [0.2, 0.25) is 5.91 Å². The molecule has 6 nitrogen and oxygen atoms in total. The zero-order valence-corrected chi connectivity index (χ0v) is 22.4. The predicted octanol–water partition coefficient (Wildman–Crippen LogP) is 5.53. The van der Waals surface area contributed by atoms with Crippen LogP contribution in [0.1, 0.15) is 105 Å². The van der Waals surface area contributed by atoms with Crippen LogP contribution in [-0.4, -0.2) is 45.5 Å². The van der Waals surface area contributed by atoms with E-state index in [9.17, 15) is 9.59 Å². The second kappa shape index (κ2) is 10.6. The number of benzene rings is 1. The molecule has 0 N–H and O–H groups in total. The van der Waals surface area contributed by atoms with Gasteiger partial charge in [0.05, 0.1) is 0 Å². The maximum atomic E-state index is 13.3. The molecule has 4 rings (SSSR count). The van der Waals surface area contributed by atoms with Crippen molar-refractivity contribution in [3.05, 3.63) is 46.5 Å². The summed E-state index contributed by atoms with van der Waals surface area (Å²) in [5.41, 5.74) is 3.40. The van der Waals surface area contributed by atoms with Crippen molar-refractivity contribution in [3.63, 3.8) is 0 Å². The Balaban J connectivity index is 1.55. The summed E-state index contributed by atoms with van der Waals surface area (Å²) >= 11 is 0. The van der Waals surface area contributed by atoms with Gasteiger partial charge in [-0.3, -0.25) is 9.59 Å². The van der Waals surface area contributed by atoms with Gasteiger partial charge in [0.25, 0.3) is 0 Å². The van der Waals surface area contributed by atoms with Crippen molar-refractivity contribution in [2.24, 2.45) is 11.8 Å². The highest BCUT2D eigenvalue weighted by molar-refractivity contribution is 5.83. The van der Waals surface area contributed by atoms with Gasteiger partial charge in [0, 0.05) is 51.2 Å². The van der Waals surface area contributed by atoms with Gasteiger partial charge >= 0.3 is 0 Å². The molecule has 0 aliphatic heterocycles. The Morgan fingerprint density at radius 3 is 2.40 bits per heavy atom. The van der Waals surface area contributed by atoms with Gasteiger partial charge in [-0.05, 0) is 68.9 Å². The summed E-state index contributed by atoms with van der Waals surface area (Å²) in [5.74, 6) is 3.84. The third kappa shape index (κ3) is 6.20. The molecule has 1 atom stereocenters. The molecular weight excluding hydrogens is 436 g/mol. The van der Waals surface area contributed by atoms with Gasteiger partial charge in [0.1, 0.15) is 17.4 Å². The van der Waals surface area contributed by atoms with Crippen LogP contribution in [0.2, 0.25) is 0 Å². The molecule has 0 radical (unpaired) electrons. The van der Waals surface area contributed by atoms with E-state index in [1.54, 1.807) is 19.0 Å². The number of carbonyl (C=O) groups excluding carboxylic acids is 2. The molecular formula is C29H42N4O2. The van der Waals surface area contributed by atoms with Crippen LogP contribution in [0.25, 0.3) is 0 Å². The number of Topliss-reactive ketones (excluding diaryl/α,β-unsaturated/α-hetero) is 1. The van der Waals surface area contributed by atoms with E-state index in [4.69, 9.17) is 0 Å². The standard InChI is InChI=1S/C29H42N4O2/c1-18(2)11-21-13-23(14-21)28-30-31-29(33(28)25-9-10-25)24(17-27(35)32(5)6)16-26(34)15-22-8-7-19(3)12-20(22)4/h7-8,12,18,21,23-25H,9-11,13-17H2,1-6H3. The zero-order chi connectivity index (χ0) is 25.3. The van der Waals surface area contributed by atoms with Crippen LogP contribution in [0.5, 0.6) is 0 Å². The lowest BCUT2D eigenvalue weighted by molar-refractivity contribution is -0.129. The van der Waals surface area contributed by atoms with Crippen LogP contribution in [0.15, 0.2) is 18.2 Å². The Bertz CT molecular complexity index is 1060. The van der Waals surface area contributed by atoms with Gasteiger partial charge in [-0.15, -0.1) is 10.2 Å². The van der Waals surface area contributed by atoms with Crippen molar-refractivity contribution in [1.29, 1.82) is 0 Å². The van der Waals surface area contributed by atoms with Crippen LogP contribution < -0.4 is 0 Å². The average molecular weight is 479 g/mol. The molecule has 0 bridgehead atoms. The SMILES string of the molecule is Cc1ccc(CC(=O)CC(CC(=O)N(C)C)c2nnc(C3CC(CC(C)C)C3)n2C2CC2)c(C)c1. The Morgan fingerprint density at radius 1 is 1.09 bits per heavy atom. The third-order valence-corrected chi connectivity index (χ3v) is 7.71. The molecule has 2 aromatic rings. The van der Waals surface area contributed by atoms with E-state index in [1.165, 1.54) is 24.8 Å². The molecule has 1 unspecified atom stereocenters. The lowest BCUT2D eigenvalue weighted by atomic mass is 9.71. The van der Waals surface area contributed by atoms with Crippen molar-refractivity contribution in [3.8, 4) is 0 Å². The Hall–Kier alpha value is -2.50. The number of hydrogen-bond acceptors (Lipinski definition) is 4. The molecule has 1 amide bonds. The highest BCUT2D eigenvalue weighted by Crippen LogP contribution is 2.48. The van der Waals surface area contributed by atoms with Gasteiger partial charge < -0.3 is 9.47 Å². The van der Waals surface area contributed by atoms with E-state index in [1.807, 2.05) is 0 Å². The van der Waals surface area contributed by atoms with E-state index in [-0.39, 0.29) is 24.0 Å². The summed E-state index contributed by atoms with van der Waals surface area (Å²) in [6.07, 6.45) is 6.88. The highest BCUT2D eigenvalue weighted by atomic mass is 16.2. The highest BCUT2D eigenvalue weighted by Gasteiger charge is 2.40. The summed E-state index contributed by atoms with van der Waals surface area (Å²) in [6, 6.07) is 6.66. The fraction of sp³-hybridized carbons (Fsp3) is 0.655. The number of nitrogens with zero attached hydrogens (tertiary/aromatic N) is 4. The van der Waals surface area contributed by atoms with Gasteiger partial charge in [0.15, 0.2) is 0 Å². The number of amides is 1. The molecule has 2 aliphatic rings. The molecule has 2 saturated carbocycles. The molecule has 2 fully saturated rings. The fourth-order valence-electron chi connectivity index (χ4n) is 5.64. The van der Waals surface area contributed by atoms with Gasteiger partial charge in [-0.2, -0.15) is 0 Å². The number of hydrogen-bond donors (Lipinski definition) is 0. The summed E-state index contributed by atoms with van der Waals surface area (Å²) in [5, 5.41) is 9.34. The summed E-state index contributed by atoms with van der Waals surface area (Å²) < 4.78 is 2.33. The van der Waals surface area contributed by atoms with E-state index in [2.05, 4.69) is 60.7 Å². The number of aryl methyl sites for hydroxylation is 2. The van der Waals surface area contributed by atoms with E-state index in [0.717, 1.165) is 47.5 Å². The van der Waals surface area contributed by atoms with E-state index in [0.29, 0.717) is 24.8 Å². The van der Waals surface area contributed by atoms with Gasteiger partial charge in [-0.25, -0.2) is 0 Å². The normalized spacial score (nSPS) is 20.5. The lowest BCUT2D eigenvalue weighted by Gasteiger charge is -2.36.